The molecule has 8 heteroatoms. The first-order valence-electron chi connectivity index (χ1n) is 6.76. The van der Waals surface area contributed by atoms with Gasteiger partial charge in [0, 0.05) is 15.8 Å². The molecule has 0 aliphatic heterocycles. The molecule has 0 radical (unpaired) electrons. The summed E-state index contributed by atoms with van der Waals surface area (Å²) in [6.45, 7) is 0. The van der Waals surface area contributed by atoms with Crippen molar-refractivity contribution in [2.45, 2.75) is 0 Å². The number of amides is 1. The van der Waals surface area contributed by atoms with E-state index < -0.39 is 0 Å². The fraction of sp³-hybridized carbons (Fsp3) is 0. The number of aromatic nitrogens is 1. The number of carbonyl (C=O) groups is 1. The van der Waals surface area contributed by atoms with Crippen molar-refractivity contribution in [3.8, 4) is 0 Å². The highest BCUT2D eigenvalue weighted by atomic mass is 35.5. The summed E-state index contributed by atoms with van der Waals surface area (Å²) in [5.74, 6) is -0.256. The molecule has 0 spiro atoms. The maximum absolute atomic E-state index is 12.5. The zero-order valence-corrected chi connectivity index (χ0v) is 15.3. The van der Waals surface area contributed by atoms with E-state index in [1.165, 1.54) is 22.7 Å². The highest BCUT2D eigenvalue weighted by Crippen LogP contribution is 2.37. The number of nitrogens with two attached hydrogens (primary N) is 1. The number of halogens is 2. The van der Waals surface area contributed by atoms with Gasteiger partial charge in [-0.1, -0.05) is 35.1 Å². The summed E-state index contributed by atoms with van der Waals surface area (Å²) in [4.78, 5) is 17.4. The molecule has 2 heterocycles. The maximum Gasteiger partial charge on any atom is 0.269 e. The average Bonchev–Trinajstić information content (AvgIpc) is 3.07. The Morgan fingerprint density at radius 2 is 1.92 bits per heavy atom. The number of nitrogens with one attached hydrogen (secondary N) is 1. The molecule has 0 bridgehead atoms. The number of nitrogens with zero attached hydrogens (tertiary/aromatic N) is 1. The summed E-state index contributed by atoms with van der Waals surface area (Å²) in [5.41, 5.74) is 7.29. The van der Waals surface area contributed by atoms with Gasteiger partial charge in [0.2, 0.25) is 0 Å². The lowest BCUT2D eigenvalue weighted by atomic mass is 10.2. The zero-order valence-electron chi connectivity index (χ0n) is 12.1. The number of rotatable bonds is 2. The SMILES string of the molecule is Cl.Nc1ccc2c(Cl)c(C(=O)Nc3nc4ccccc4s3)sc2c1. The molecular formula is C16H11Cl2N3OS2. The van der Waals surface area contributed by atoms with Crippen LogP contribution in [0.5, 0.6) is 0 Å². The van der Waals surface area contributed by atoms with Crippen molar-refractivity contribution in [2.24, 2.45) is 0 Å². The summed E-state index contributed by atoms with van der Waals surface area (Å²) in [5, 5.41) is 4.67. The number of thiazole rings is 1. The fourth-order valence-electron chi connectivity index (χ4n) is 2.31. The number of benzene rings is 2. The zero-order chi connectivity index (χ0) is 16.0. The second kappa shape index (κ2) is 6.57. The van der Waals surface area contributed by atoms with Crippen LogP contribution in [0.1, 0.15) is 9.67 Å². The minimum Gasteiger partial charge on any atom is -0.399 e. The number of hydrogen-bond donors (Lipinski definition) is 2. The van der Waals surface area contributed by atoms with Gasteiger partial charge in [0.15, 0.2) is 5.13 Å². The van der Waals surface area contributed by atoms with Crippen LogP contribution in [0, 0.1) is 0 Å². The molecule has 0 fully saturated rings. The second-order valence-corrected chi connectivity index (χ2v) is 7.40. The fourth-order valence-corrected chi connectivity index (χ4v) is 4.63. The molecule has 0 saturated heterocycles. The molecule has 0 atom stereocenters. The van der Waals surface area contributed by atoms with Gasteiger partial charge in [-0.2, -0.15) is 0 Å². The standard InChI is InChI=1S/C16H10ClN3OS2.ClH/c17-13-9-6-5-8(18)7-12(9)22-14(13)15(21)20-16-19-10-3-1-2-4-11(10)23-16;/h1-7H,18H2,(H,19,20,21);1H. The molecule has 24 heavy (non-hydrogen) atoms. The molecule has 0 unspecified atom stereocenters. The lowest BCUT2D eigenvalue weighted by Gasteiger charge is -1.98. The first-order valence-corrected chi connectivity index (χ1v) is 8.77. The van der Waals surface area contributed by atoms with E-state index in [1.54, 1.807) is 6.07 Å². The Bertz CT molecular complexity index is 1030. The molecule has 3 N–H and O–H groups in total. The van der Waals surface area contributed by atoms with Crippen molar-refractivity contribution in [3.05, 3.63) is 52.4 Å². The van der Waals surface area contributed by atoms with Crippen molar-refractivity contribution in [3.63, 3.8) is 0 Å². The van der Waals surface area contributed by atoms with E-state index >= 15 is 0 Å². The Hall–Kier alpha value is -1.86. The van der Waals surface area contributed by atoms with E-state index in [9.17, 15) is 4.79 Å². The highest BCUT2D eigenvalue weighted by molar-refractivity contribution is 7.23. The third-order valence-corrected chi connectivity index (χ3v) is 5.98. The number of nitrogen functional groups attached to an aromatic ring is 1. The lowest BCUT2D eigenvalue weighted by Crippen LogP contribution is -2.10. The monoisotopic (exact) mass is 395 g/mol. The summed E-state index contributed by atoms with van der Waals surface area (Å²) in [6, 6.07) is 13.2. The second-order valence-electron chi connectivity index (χ2n) is 4.94. The Balaban J connectivity index is 0.00000169. The molecule has 4 nitrogen and oxygen atoms in total. The summed E-state index contributed by atoms with van der Waals surface area (Å²) in [7, 11) is 0. The Morgan fingerprint density at radius 3 is 2.71 bits per heavy atom. The third kappa shape index (κ3) is 2.93. The normalized spacial score (nSPS) is 10.7. The number of carbonyl (C=O) groups excluding carboxylic acids is 1. The Kier molecular flexibility index (Phi) is 4.64. The molecular weight excluding hydrogens is 385 g/mol. The van der Waals surface area contributed by atoms with Crippen LogP contribution >= 0.6 is 46.7 Å². The van der Waals surface area contributed by atoms with Crippen molar-refractivity contribution < 1.29 is 4.79 Å². The number of thiophene rings is 1. The minimum atomic E-state index is -0.256. The van der Waals surface area contributed by atoms with Gasteiger partial charge in [-0.25, -0.2) is 4.98 Å². The van der Waals surface area contributed by atoms with Crippen molar-refractivity contribution in [2.75, 3.05) is 11.1 Å². The van der Waals surface area contributed by atoms with Crippen LogP contribution < -0.4 is 11.1 Å². The number of anilines is 2. The molecule has 1 amide bonds. The quantitative estimate of drug-likeness (QED) is 0.445. The first kappa shape index (κ1) is 17.0. The van der Waals surface area contributed by atoms with E-state index in [0.29, 0.717) is 20.7 Å². The van der Waals surface area contributed by atoms with Gasteiger partial charge in [-0.05, 0) is 30.3 Å². The molecule has 0 aliphatic carbocycles. The van der Waals surface area contributed by atoms with Crippen LogP contribution in [-0.4, -0.2) is 10.9 Å². The van der Waals surface area contributed by atoms with Crippen LogP contribution in [0.15, 0.2) is 42.5 Å². The van der Waals surface area contributed by atoms with E-state index in [-0.39, 0.29) is 18.3 Å². The van der Waals surface area contributed by atoms with E-state index in [4.69, 9.17) is 17.3 Å². The number of hydrogen-bond acceptors (Lipinski definition) is 5. The molecule has 2 aromatic heterocycles. The number of para-hydroxylation sites is 1. The first-order chi connectivity index (χ1) is 11.1. The summed E-state index contributed by atoms with van der Waals surface area (Å²) < 4.78 is 1.92. The largest absolute Gasteiger partial charge is 0.399 e. The van der Waals surface area contributed by atoms with E-state index in [1.807, 2.05) is 36.4 Å². The van der Waals surface area contributed by atoms with Crippen LogP contribution in [0.25, 0.3) is 20.3 Å². The predicted octanol–water partition coefficient (Wildman–Crippen LogP) is 5.42. The average molecular weight is 396 g/mol. The Morgan fingerprint density at radius 1 is 1.12 bits per heavy atom. The van der Waals surface area contributed by atoms with Gasteiger partial charge in [0.25, 0.3) is 5.91 Å². The molecule has 4 rings (SSSR count). The van der Waals surface area contributed by atoms with Gasteiger partial charge >= 0.3 is 0 Å². The van der Waals surface area contributed by atoms with E-state index in [0.717, 1.165) is 20.3 Å². The topological polar surface area (TPSA) is 68.0 Å². The van der Waals surface area contributed by atoms with E-state index in [2.05, 4.69) is 10.3 Å². The van der Waals surface area contributed by atoms with Gasteiger partial charge in [0.05, 0.1) is 15.2 Å². The third-order valence-electron chi connectivity index (χ3n) is 3.37. The van der Waals surface area contributed by atoms with Gasteiger partial charge in [0.1, 0.15) is 4.88 Å². The van der Waals surface area contributed by atoms with Crippen LogP contribution in [0.4, 0.5) is 10.8 Å². The summed E-state index contributed by atoms with van der Waals surface area (Å²) in [6.07, 6.45) is 0. The smallest absolute Gasteiger partial charge is 0.269 e. The molecule has 0 saturated carbocycles. The molecule has 4 aromatic rings. The van der Waals surface area contributed by atoms with Crippen LogP contribution in [-0.2, 0) is 0 Å². The van der Waals surface area contributed by atoms with Crippen molar-refractivity contribution >= 4 is 83.7 Å². The van der Waals surface area contributed by atoms with Crippen LogP contribution in [0.2, 0.25) is 5.02 Å². The minimum absolute atomic E-state index is 0. The van der Waals surface area contributed by atoms with Crippen molar-refractivity contribution in [1.82, 2.24) is 4.98 Å². The van der Waals surface area contributed by atoms with Crippen molar-refractivity contribution in [1.29, 1.82) is 0 Å². The molecule has 2 aromatic carbocycles. The van der Waals surface area contributed by atoms with Gasteiger partial charge in [-0.15, -0.1) is 23.7 Å². The van der Waals surface area contributed by atoms with Crippen LogP contribution in [0.3, 0.4) is 0 Å². The lowest BCUT2D eigenvalue weighted by molar-refractivity contribution is 0.103. The van der Waals surface area contributed by atoms with Gasteiger partial charge < -0.3 is 5.73 Å². The highest BCUT2D eigenvalue weighted by Gasteiger charge is 2.18. The number of fused-ring (bicyclic) bond motifs is 2. The molecule has 0 aliphatic rings. The Labute approximate surface area is 156 Å². The molecule has 122 valence electrons. The summed E-state index contributed by atoms with van der Waals surface area (Å²) >= 11 is 9.10. The predicted molar refractivity (Wildman–Crippen MR) is 106 cm³/mol. The maximum atomic E-state index is 12.5. The van der Waals surface area contributed by atoms with Gasteiger partial charge in [-0.3, -0.25) is 10.1 Å².